The Morgan fingerprint density at radius 1 is 1.24 bits per heavy atom. The van der Waals surface area contributed by atoms with Gasteiger partial charge in [-0.25, -0.2) is 0 Å². The van der Waals surface area contributed by atoms with E-state index in [0.717, 1.165) is 18.8 Å². The Bertz CT molecular complexity index is 567. The summed E-state index contributed by atoms with van der Waals surface area (Å²) >= 11 is 0. The predicted molar refractivity (Wildman–Crippen MR) is 98.8 cm³/mol. The summed E-state index contributed by atoms with van der Waals surface area (Å²) in [6, 6.07) is 7.22. The molecule has 1 aromatic rings. The van der Waals surface area contributed by atoms with Crippen LogP contribution in [0, 0.1) is 5.41 Å². The van der Waals surface area contributed by atoms with Gasteiger partial charge in [0.25, 0.3) is 0 Å². The topological polar surface area (TPSA) is 61.8 Å². The zero-order valence-corrected chi connectivity index (χ0v) is 15.2. The van der Waals surface area contributed by atoms with E-state index in [-0.39, 0.29) is 5.91 Å². The molecular formula is C20H30N2O3. The first kappa shape index (κ1) is 18.2. The number of nitrogens with zero attached hydrogens (tertiary/aromatic N) is 1. The normalized spacial score (nSPS) is 21.2. The minimum atomic E-state index is -0.478. The Balaban J connectivity index is 1.41. The second kappa shape index (κ2) is 8.19. The van der Waals surface area contributed by atoms with E-state index in [2.05, 4.69) is 10.2 Å². The van der Waals surface area contributed by atoms with E-state index in [1.807, 2.05) is 12.1 Å². The van der Waals surface area contributed by atoms with E-state index in [0.29, 0.717) is 24.3 Å². The first-order valence-electron chi connectivity index (χ1n) is 9.46. The van der Waals surface area contributed by atoms with Gasteiger partial charge in [0.1, 0.15) is 18.5 Å². The summed E-state index contributed by atoms with van der Waals surface area (Å²) in [4.78, 5) is 13.4. The number of aliphatic hydroxyl groups excluding tert-OH is 1. The third kappa shape index (κ3) is 5.19. The maximum atomic E-state index is 11.0. The Kier molecular flexibility index (Phi) is 5.97. The highest BCUT2D eigenvalue weighted by Crippen LogP contribution is 2.43. The lowest BCUT2D eigenvalue weighted by Crippen LogP contribution is -2.36. The second-order valence-corrected chi connectivity index (χ2v) is 7.72. The number of hydrogen-bond donors (Lipinski definition) is 2. The second-order valence-electron chi connectivity index (χ2n) is 7.72. The lowest BCUT2D eigenvalue weighted by molar-refractivity contribution is -0.114. The molecule has 1 spiro atoms. The maximum absolute atomic E-state index is 11.0. The monoisotopic (exact) mass is 346 g/mol. The molecule has 1 saturated heterocycles. The SMILES string of the molecule is CC(=O)Nc1ccc(OCC(O)CN2CCC3(CCCCC3)C2)cc1. The van der Waals surface area contributed by atoms with Crippen LogP contribution in [0.25, 0.3) is 0 Å². The van der Waals surface area contributed by atoms with E-state index in [4.69, 9.17) is 4.74 Å². The van der Waals surface area contributed by atoms with Crippen molar-refractivity contribution in [2.24, 2.45) is 5.41 Å². The van der Waals surface area contributed by atoms with Crippen LogP contribution in [-0.2, 0) is 4.79 Å². The van der Waals surface area contributed by atoms with Gasteiger partial charge in [-0.05, 0) is 55.5 Å². The van der Waals surface area contributed by atoms with Gasteiger partial charge in [0.2, 0.25) is 5.91 Å². The number of ether oxygens (including phenoxy) is 1. The molecule has 5 heteroatoms. The standard InChI is InChI=1S/C20H30N2O3/c1-16(23)21-17-5-7-19(8-6-17)25-14-18(24)13-22-12-11-20(15-22)9-3-2-4-10-20/h5-8,18,24H,2-4,9-15H2,1H3,(H,21,23). The maximum Gasteiger partial charge on any atom is 0.221 e. The number of amides is 1. The fourth-order valence-electron chi connectivity index (χ4n) is 4.27. The van der Waals surface area contributed by atoms with Crippen molar-refractivity contribution in [3.05, 3.63) is 24.3 Å². The van der Waals surface area contributed by atoms with E-state index < -0.39 is 6.10 Å². The van der Waals surface area contributed by atoms with Gasteiger partial charge in [-0.2, -0.15) is 0 Å². The summed E-state index contributed by atoms with van der Waals surface area (Å²) in [7, 11) is 0. The van der Waals surface area contributed by atoms with Crippen LogP contribution >= 0.6 is 0 Å². The van der Waals surface area contributed by atoms with Crippen molar-refractivity contribution >= 4 is 11.6 Å². The molecule has 2 N–H and O–H groups in total. The van der Waals surface area contributed by atoms with Crippen LogP contribution in [0.2, 0.25) is 0 Å². The van der Waals surface area contributed by atoms with E-state index in [9.17, 15) is 9.90 Å². The number of nitrogens with one attached hydrogen (secondary N) is 1. The van der Waals surface area contributed by atoms with Gasteiger partial charge < -0.3 is 20.1 Å². The number of hydrogen-bond acceptors (Lipinski definition) is 4. The average Bonchev–Trinajstić information content (AvgIpc) is 2.96. The minimum absolute atomic E-state index is 0.0922. The summed E-state index contributed by atoms with van der Waals surface area (Å²) in [5, 5.41) is 13.0. The van der Waals surface area contributed by atoms with Crippen molar-refractivity contribution in [3.8, 4) is 5.75 Å². The molecule has 25 heavy (non-hydrogen) atoms. The van der Waals surface area contributed by atoms with Crippen molar-refractivity contribution < 1.29 is 14.6 Å². The third-order valence-corrected chi connectivity index (χ3v) is 5.52. The largest absolute Gasteiger partial charge is 0.491 e. The van der Waals surface area contributed by atoms with Gasteiger partial charge in [-0.1, -0.05) is 19.3 Å². The number of benzene rings is 1. The van der Waals surface area contributed by atoms with Gasteiger partial charge in [0, 0.05) is 25.7 Å². The zero-order valence-electron chi connectivity index (χ0n) is 15.2. The molecule has 1 atom stereocenters. The van der Waals surface area contributed by atoms with Crippen molar-refractivity contribution in [2.75, 3.05) is 31.6 Å². The molecule has 5 nitrogen and oxygen atoms in total. The molecule has 1 aliphatic heterocycles. The van der Waals surface area contributed by atoms with Gasteiger partial charge in [-0.3, -0.25) is 4.79 Å². The Morgan fingerprint density at radius 3 is 2.64 bits per heavy atom. The number of rotatable bonds is 6. The number of likely N-dealkylation sites (tertiary alicyclic amines) is 1. The van der Waals surface area contributed by atoms with Gasteiger partial charge in [-0.15, -0.1) is 0 Å². The highest BCUT2D eigenvalue weighted by molar-refractivity contribution is 5.88. The van der Waals surface area contributed by atoms with E-state index in [1.54, 1.807) is 12.1 Å². The van der Waals surface area contributed by atoms with Crippen molar-refractivity contribution in [1.82, 2.24) is 4.90 Å². The molecule has 0 radical (unpaired) electrons. The number of carbonyl (C=O) groups is 1. The van der Waals surface area contributed by atoms with Crippen LogP contribution in [0.5, 0.6) is 5.75 Å². The van der Waals surface area contributed by atoms with Gasteiger partial charge in [0.15, 0.2) is 0 Å². The van der Waals surface area contributed by atoms with Crippen molar-refractivity contribution in [1.29, 1.82) is 0 Å². The van der Waals surface area contributed by atoms with Crippen LogP contribution < -0.4 is 10.1 Å². The Hall–Kier alpha value is -1.59. The number of aliphatic hydroxyl groups is 1. The van der Waals surface area contributed by atoms with Crippen LogP contribution in [-0.4, -0.2) is 48.3 Å². The Morgan fingerprint density at radius 2 is 1.96 bits per heavy atom. The fraction of sp³-hybridized carbons (Fsp3) is 0.650. The molecule has 3 rings (SSSR count). The molecule has 1 aliphatic carbocycles. The minimum Gasteiger partial charge on any atom is -0.491 e. The summed E-state index contributed by atoms with van der Waals surface area (Å²) in [5.41, 5.74) is 1.27. The van der Waals surface area contributed by atoms with E-state index >= 15 is 0 Å². The van der Waals surface area contributed by atoms with Gasteiger partial charge >= 0.3 is 0 Å². The molecule has 138 valence electrons. The smallest absolute Gasteiger partial charge is 0.221 e. The molecular weight excluding hydrogens is 316 g/mol. The lowest BCUT2D eigenvalue weighted by atomic mass is 9.73. The van der Waals surface area contributed by atoms with Gasteiger partial charge in [0.05, 0.1) is 0 Å². The number of β-amino-alcohol motifs (C(OH)–C–C–N with tert-alkyl or cyclic N) is 1. The summed E-state index contributed by atoms with van der Waals surface area (Å²) in [6.07, 6.45) is 7.65. The lowest BCUT2D eigenvalue weighted by Gasteiger charge is -2.33. The molecule has 1 heterocycles. The zero-order chi connectivity index (χ0) is 17.7. The highest BCUT2D eigenvalue weighted by atomic mass is 16.5. The third-order valence-electron chi connectivity index (χ3n) is 5.52. The fourth-order valence-corrected chi connectivity index (χ4v) is 4.27. The van der Waals surface area contributed by atoms with Crippen LogP contribution in [0.1, 0.15) is 45.4 Å². The number of carbonyl (C=O) groups excluding carboxylic acids is 1. The molecule has 0 bridgehead atoms. The molecule has 0 aromatic heterocycles. The molecule has 1 aromatic carbocycles. The molecule has 1 amide bonds. The van der Waals surface area contributed by atoms with Crippen molar-refractivity contribution in [2.45, 2.75) is 51.6 Å². The van der Waals surface area contributed by atoms with Crippen LogP contribution in [0.15, 0.2) is 24.3 Å². The number of anilines is 1. The summed E-state index contributed by atoms with van der Waals surface area (Å²) in [6.45, 7) is 4.70. The molecule has 1 saturated carbocycles. The predicted octanol–water partition coefficient (Wildman–Crippen LogP) is 3.04. The van der Waals surface area contributed by atoms with Crippen LogP contribution in [0.4, 0.5) is 5.69 Å². The van der Waals surface area contributed by atoms with Crippen molar-refractivity contribution in [3.63, 3.8) is 0 Å². The summed E-state index contributed by atoms with van der Waals surface area (Å²) in [5.74, 6) is 0.615. The highest BCUT2D eigenvalue weighted by Gasteiger charge is 2.38. The molecule has 2 aliphatic rings. The molecule has 1 unspecified atom stereocenters. The quantitative estimate of drug-likeness (QED) is 0.831. The summed E-state index contributed by atoms with van der Waals surface area (Å²) < 4.78 is 5.69. The average molecular weight is 346 g/mol. The molecule has 2 fully saturated rings. The van der Waals surface area contributed by atoms with E-state index in [1.165, 1.54) is 45.4 Å². The van der Waals surface area contributed by atoms with Crippen LogP contribution in [0.3, 0.4) is 0 Å². The first-order chi connectivity index (χ1) is 12.0. The Labute approximate surface area is 150 Å². The first-order valence-corrected chi connectivity index (χ1v) is 9.46.